The van der Waals surface area contributed by atoms with Crippen molar-refractivity contribution in [2.24, 2.45) is 0 Å². The first-order chi connectivity index (χ1) is 9.60. The number of rotatable bonds is 4. The van der Waals surface area contributed by atoms with Crippen LogP contribution < -0.4 is 10.4 Å². The van der Waals surface area contributed by atoms with Crippen molar-refractivity contribution in [2.45, 2.75) is 6.42 Å². The van der Waals surface area contributed by atoms with Gasteiger partial charge in [-0.1, -0.05) is 6.08 Å². The van der Waals surface area contributed by atoms with Crippen LogP contribution >= 0.6 is 0 Å². The van der Waals surface area contributed by atoms with Crippen LogP contribution in [0, 0.1) is 0 Å². The molecule has 1 aromatic carbocycles. The van der Waals surface area contributed by atoms with Crippen LogP contribution in [0.25, 0.3) is 11.0 Å². The lowest BCUT2D eigenvalue weighted by atomic mass is 10.0. The van der Waals surface area contributed by atoms with Gasteiger partial charge in [0.15, 0.2) is 11.3 Å². The van der Waals surface area contributed by atoms with E-state index in [1.165, 1.54) is 14.2 Å². The van der Waals surface area contributed by atoms with Crippen LogP contribution in [0.1, 0.15) is 15.9 Å². The number of hydrogen-bond donors (Lipinski definition) is 0. The molecule has 0 bridgehead atoms. The molecule has 20 heavy (non-hydrogen) atoms. The van der Waals surface area contributed by atoms with Gasteiger partial charge < -0.3 is 13.9 Å². The number of hydrogen-bond acceptors (Lipinski definition) is 5. The Bertz CT molecular complexity index is 727. The average Bonchev–Trinajstić information content (AvgIpc) is 2.45. The number of fused-ring (bicyclic) bond motifs is 1. The van der Waals surface area contributed by atoms with Crippen molar-refractivity contribution < 1.29 is 18.7 Å². The van der Waals surface area contributed by atoms with Crippen LogP contribution in [0.2, 0.25) is 0 Å². The molecule has 0 saturated heterocycles. The molecule has 0 spiro atoms. The molecular weight excluding hydrogens is 260 g/mol. The quantitative estimate of drug-likeness (QED) is 0.486. The zero-order chi connectivity index (χ0) is 14.7. The second-order valence-electron chi connectivity index (χ2n) is 4.14. The molecule has 5 nitrogen and oxygen atoms in total. The summed E-state index contributed by atoms with van der Waals surface area (Å²) in [5.74, 6) is -0.206. The second kappa shape index (κ2) is 5.61. The molecule has 0 aliphatic carbocycles. The first kappa shape index (κ1) is 13.9. The van der Waals surface area contributed by atoms with Crippen molar-refractivity contribution in [3.63, 3.8) is 0 Å². The van der Waals surface area contributed by atoms with Crippen LogP contribution in [-0.2, 0) is 11.2 Å². The highest BCUT2D eigenvalue weighted by molar-refractivity contribution is 6.04. The number of carbonyl (C=O) groups excluding carboxylic acids is 1. The lowest BCUT2D eigenvalue weighted by Gasteiger charge is -2.09. The van der Waals surface area contributed by atoms with Crippen molar-refractivity contribution in [1.82, 2.24) is 0 Å². The maximum atomic E-state index is 11.8. The summed E-state index contributed by atoms with van der Waals surface area (Å²) < 4.78 is 15.0. The summed E-state index contributed by atoms with van der Waals surface area (Å²) in [6, 6.07) is 4.62. The average molecular weight is 274 g/mol. The van der Waals surface area contributed by atoms with Gasteiger partial charge in [-0.2, -0.15) is 0 Å². The van der Waals surface area contributed by atoms with E-state index in [1.54, 1.807) is 18.2 Å². The Morgan fingerprint density at radius 3 is 2.70 bits per heavy atom. The molecule has 0 fully saturated rings. The van der Waals surface area contributed by atoms with Crippen molar-refractivity contribution in [3.05, 3.63) is 52.4 Å². The lowest BCUT2D eigenvalue weighted by Crippen LogP contribution is -2.09. The SMILES string of the molecule is C=CCc1cc(OC)c2oc(=O)cc(C(=O)OC)c2c1. The highest BCUT2D eigenvalue weighted by Gasteiger charge is 2.17. The number of ether oxygens (including phenoxy) is 2. The fourth-order valence-corrected chi connectivity index (χ4v) is 2.01. The van der Waals surface area contributed by atoms with E-state index in [2.05, 4.69) is 6.58 Å². The molecule has 0 radical (unpaired) electrons. The van der Waals surface area contributed by atoms with E-state index in [-0.39, 0.29) is 11.1 Å². The second-order valence-corrected chi connectivity index (χ2v) is 4.14. The van der Waals surface area contributed by atoms with Crippen molar-refractivity contribution in [1.29, 1.82) is 0 Å². The molecule has 0 saturated carbocycles. The van der Waals surface area contributed by atoms with Crippen LogP contribution in [0.3, 0.4) is 0 Å². The Kier molecular flexibility index (Phi) is 3.89. The minimum Gasteiger partial charge on any atom is -0.493 e. The first-order valence-electron chi connectivity index (χ1n) is 5.94. The Hall–Kier alpha value is -2.56. The van der Waals surface area contributed by atoms with Gasteiger partial charge in [-0.15, -0.1) is 6.58 Å². The molecule has 0 amide bonds. The van der Waals surface area contributed by atoms with Gasteiger partial charge in [0.25, 0.3) is 0 Å². The van der Waals surface area contributed by atoms with Crippen molar-refractivity contribution in [3.8, 4) is 5.75 Å². The molecule has 1 heterocycles. The Labute approximate surface area is 115 Å². The highest BCUT2D eigenvalue weighted by atomic mass is 16.5. The van der Waals surface area contributed by atoms with Gasteiger partial charge in [0.2, 0.25) is 0 Å². The van der Waals surface area contributed by atoms with Crippen LogP contribution in [0.15, 0.2) is 40.1 Å². The van der Waals surface area contributed by atoms with Gasteiger partial charge in [0.05, 0.1) is 19.8 Å². The van der Waals surface area contributed by atoms with Gasteiger partial charge >= 0.3 is 11.6 Å². The van der Waals surface area contributed by atoms with Gasteiger partial charge in [-0.25, -0.2) is 9.59 Å². The number of esters is 1. The van der Waals surface area contributed by atoms with E-state index >= 15 is 0 Å². The summed E-state index contributed by atoms with van der Waals surface area (Å²) in [4.78, 5) is 23.3. The molecule has 2 aromatic rings. The van der Waals surface area contributed by atoms with Crippen LogP contribution in [-0.4, -0.2) is 20.2 Å². The van der Waals surface area contributed by atoms with E-state index in [0.717, 1.165) is 11.6 Å². The standard InChI is InChI=1S/C15H14O5/c1-4-5-9-6-10-11(15(17)19-3)8-13(16)20-14(10)12(7-9)18-2/h4,6-8H,1,5H2,2-3H3. The fraction of sp³-hybridized carbons (Fsp3) is 0.200. The third-order valence-electron chi connectivity index (χ3n) is 2.87. The summed E-state index contributed by atoms with van der Waals surface area (Å²) in [5.41, 5.74) is 0.646. The Morgan fingerprint density at radius 2 is 2.10 bits per heavy atom. The van der Waals surface area contributed by atoms with E-state index in [4.69, 9.17) is 13.9 Å². The molecule has 104 valence electrons. The van der Waals surface area contributed by atoms with Gasteiger partial charge in [-0.3, -0.25) is 0 Å². The van der Waals surface area contributed by atoms with Gasteiger partial charge in [0.1, 0.15) is 0 Å². The largest absolute Gasteiger partial charge is 0.493 e. The van der Waals surface area contributed by atoms with Gasteiger partial charge in [-0.05, 0) is 24.1 Å². The lowest BCUT2D eigenvalue weighted by molar-refractivity contribution is 0.0602. The number of methoxy groups -OCH3 is 2. The van der Waals surface area contributed by atoms with E-state index in [1.807, 2.05) is 0 Å². The third kappa shape index (κ3) is 2.42. The maximum Gasteiger partial charge on any atom is 0.338 e. The first-order valence-corrected chi connectivity index (χ1v) is 5.94. The number of allylic oxidation sites excluding steroid dienone is 1. The minimum atomic E-state index is -0.632. The van der Waals surface area contributed by atoms with Crippen molar-refractivity contribution in [2.75, 3.05) is 14.2 Å². The van der Waals surface area contributed by atoms with E-state index in [0.29, 0.717) is 17.6 Å². The normalized spacial score (nSPS) is 10.3. The summed E-state index contributed by atoms with van der Waals surface area (Å²) in [6.45, 7) is 3.67. The molecule has 0 aliphatic rings. The van der Waals surface area contributed by atoms with Crippen LogP contribution in [0.5, 0.6) is 5.75 Å². The van der Waals surface area contributed by atoms with Gasteiger partial charge in [0, 0.05) is 11.5 Å². The highest BCUT2D eigenvalue weighted by Crippen LogP contribution is 2.29. The maximum absolute atomic E-state index is 11.8. The Morgan fingerprint density at radius 1 is 1.35 bits per heavy atom. The van der Waals surface area contributed by atoms with Crippen molar-refractivity contribution >= 4 is 16.9 Å². The zero-order valence-electron chi connectivity index (χ0n) is 11.3. The fourth-order valence-electron chi connectivity index (χ4n) is 2.01. The summed E-state index contributed by atoms with van der Waals surface area (Å²) >= 11 is 0. The smallest absolute Gasteiger partial charge is 0.338 e. The monoisotopic (exact) mass is 274 g/mol. The van der Waals surface area contributed by atoms with E-state index < -0.39 is 11.6 Å². The molecule has 5 heteroatoms. The summed E-state index contributed by atoms with van der Waals surface area (Å²) in [6.07, 6.45) is 2.34. The topological polar surface area (TPSA) is 65.7 Å². The predicted molar refractivity (Wildman–Crippen MR) is 74.3 cm³/mol. The molecule has 0 atom stereocenters. The molecule has 0 N–H and O–H groups in total. The predicted octanol–water partition coefficient (Wildman–Crippen LogP) is 2.32. The molecule has 0 unspecified atom stereocenters. The van der Waals surface area contributed by atoms with E-state index in [9.17, 15) is 9.59 Å². The molecule has 0 aliphatic heterocycles. The third-order valence-corrected chi connectivity index (χ3v) is 2.87. The summed E-state index contributed by atoms with van der Waals surface area (Å²) in [5, 5.41) is 0.479. The molecule has 1 aromatic heterocycles. The Balaban J connectivity index is 2.85. The zero-order valence-corrected chi connectivity index (χ0v) is 11.3. The minimum absolute atomic E-state index is 0.156. The number of carbonyl (C=O) groups is 1. The summed E-state index contributed by atoms with van der Waals surface area (Å²) in [7, 11) is 2.73. The molecule has 2 rings (SSSR count). The van der Waals surface area contributed by atoms with Crippen LogP contribution in [0.4, 0.5) is 0 Å². The number of benzene rings is 1. The molecular formula is C15H14O5.